The van der Waals surface area contributed by atoms with Crippen molar-refractivity contribution in [3.63, 3.8) is 0 Å². The summed E-state index contributed by atoms with van der Waals surface area (Å²) >= 11 is 0. The molecule has 2 rings (SSSR count). The lowest BCUT2D eigenvalue weighted by Gasteiger charge is -2.08. The van der Waals surface area contributed by atoms with Gasteiger partial charge in [-0.05, 0) is 23.3 Å². The number of benzene rings is 2. The second kappa shape index (κ2) is 4.24. The van der Waals surface area contributed by atoms with Crippen molar-refractivity contribution in [2.24, 2.45) is 0 Å². The monoisotopic (exact) mass is 201 g/mol. The molecule has 2 heteroatoms. The number of hydrogen-bond donors (Lipinski definition) is 0. The zero-order valence-corrected chi connectivity index (χ0v) is 8.06. The van der Waals surface area contributed by atoms with E-state index in [0.717, 1.165) is 0 Å². The van der Waals surface area contributed by atoms with E-state index in [1.54, 1.807) is 12.1 Å². The van der Waals surface area contributed by atoms with Crippen LogP contribution in [0.15, 0.2) is 54.6 Å². The quantitative estimate of drug-likeness (QED) is 0.710. The summed E-state index contributed by atoms with van der Waals surface area (Å²) < 4.78 is 12.7. The molecule has 0 saturated heterocycles. The average Bonchev–Trinajstić information content (AvgIpc) is 2.30. The normalized spacial score (nSPS) is 12.4. The van der Waals surface area contributed by atoms with Crippen LogP contribution in [0.2, 0.25) is 0 Å². The van der Waals surface area contributed by atoms with Crippen LogP contribution < -0.4 is 0 Å². The third kappa shape index (κ3) is 2.22. The standard InChI is InChI=1S/C13H10FO/c14-12-8-6-11(7-9-12)13(15)10-4-2-1-3-5-10/h1-9,13H. The van der Waals surface area contributed by atoms with Crippen LogP contribution in [0, 0.1) is 5.82 Å². The number of rotatable bonds is 2. The molecule has 1 unspecified atom stereocenters. The maximum atomic E-state index is 12.7. The van der Waals surface area contributed by atoms with Crippen LogP contribution in [0.5, 0.6) is 0 Å². The molecule has 0 aliphatic rings. The third-order valence-electron chi connectivity index (χ3n) is 2.28. The Labute approximate surface area is 87.8 Å². The molecular formula is C13H10FO. The number of halogens is 1. The molecule has 0 N–H and O–H groups in total. The van der Waals surface area contributed by atoms with E-state index in [4.69, 9.17) is 0 Å². The molecule has 75 valence electrons. The Hall–Kier alpha value is -1.67. The molecular weight excluding hydrogens is 191 g/mol. The first-order valence-corrected chi connectivity index (χ1v) is 4.73. The van der Waals surface area contributed by atoms with Gasteiger partial charge >= 0.3 is 0 Å². The minimum Gasteiger partial charge on any atom is -0.223 e. The maximum Gasteiger partial charge on any atom is 0.143 e. The Morgan fingerprint density at radius 1 is 0.800 bits per heavy atom. The van der Waals surface area contributed by atoms with Gasteiger partial charge in [0.25, 0.3) is 0 Å². The van der Waals surface area contributed by atoms with Crippen LogP contribution in [-0.2, 0) is 5.11 Å². The smallest absolute Gasteiger partial charge is 0.143 e. The first-order chi connectivity index (χ1) is 7.27. The molecule has 1 atom stereocenters. The molecule has 1 radical (unpaired) electrons. The van der Waals surface area contributed by atoms with Crippen LogP contribution in [0.1, 0.15) is 17.2 Å². The van der Waals surface area contributed by atoms with Gasteiger partial charge in [0, 0.05) is 0 Å². The lowest BCUT2D eigenvalue weighted by molar-refractivity contribution is 0.124. The fraction of sp³-hybridized carbons (Fsp3) is 0.0769. The summed E-state index contributed by atoms with van der Waals surface area (Å²) in [6, 6.07) is 14.7. The summed E-state index contributed by atoms with van der Waals surface area (Å²) in [5, 5.41) is 11.9. The number of hydrogen-bond acceptors (Lipinski definition) is 0. The highest BCUT2D eigenvalue weighted by Crippen LogP contribution is 2.22. The van der Waals surface area contributed by atoms with E-state index in [1.807, 2.05) is 18.2 Å². The Morgan fingerprint density at radius 2 is 1.33 bits per heavy atom. The van der Waals surface area contributed by atoms with Gasteiger partial charge in [0.1, 0.15) is 11.9 Å². The Balaban J connectivity index is 2.29. The molecule has 1 nitrogen and oxygen atoms in total. The third-order valence-corrected chi connectivity index (χ3v) is 2.28. The van der Waals surface area contributed by atoms with E-state index in [9.17, 15) is 9.50 Å². The zero-order chi connectivity index (χ0) is 10.7. The average molecular weight is 201 g/mol. The molecule has 15 heavy (non-hydrogen) atoms. The fourth-order valence-electron chi connectivity index (χ4n) is 1.46. The van der Waals surface area contributed by atoms with Gasteiger partial charge < -0.3 is 0 Å². The molecule has 2 aromatic rings. The van der Waals surface area contributed by atoms with Gasteiger partial charge in [-0.2, -0.15) is 0 Å². The van der Waals surface area contributed by atoms with Gasteiger partial charge in [0.05, 0.1) is 0 Å². The van der Waals surface area contributed by atoms with Crippen molar-refractivity contribution in [3.05, 3.63) is 71.5 Å². The van der Waals surface area contributed by atoms with Crippen LogP contribution in [0.25, 0.3) is 0 Å². The lowest BCUT2D eigenvalue weighted by atomic mass is 10.0. The molecule has 2 aromatic carbocycles. The van der Waals surface area contributed by atoms with Crippen molar-refractivity contribution in [3.8, 4) is 0 Å². The SMILES string of the molecule is [O]C(c1ccccc1)c1ccc(F)cc1. The highest BCUT2D eigenvalue weighted by Gasteiger charge is 2.11. The summed E-state index contributed by atoms with van der Waals surface area (Å²) in [7, 11) is 0. The van der Waals surface area contributed by atoms with E-state index in [1.165, 1.54) is 24.3 Å². The second-order valence-corrected chi connectivity index (χ2v) is 3.34. The molecule has 0 spiro atoms. The van der Waals surface area contributed by atoms with Gasteiger partial charge in [-0.15, -0.1) is 0 Å². The summed E-state index contributed by atoms with van der Waals surface area (Å²) in [5.74, 6) is -0.320. The summed E-state index contributed by atoms with van der Waals surface area (Å²) in [6.07, 6.45) is -0.938. The fourth-order valence-corrected chi connectivity index (χ4v) is 1.46. The Kier molecular flexibility index (Phi) is 2.79. The van der Waals surface area contributed by atoms with E-state index >= 15 is 0 Å². The topological polar surface area (TPSA) is 19.9 Å². The molecule has 0 fully saturated rings. The minimum absolute atomic E-state index is 0.320. The molecule has 0 heterocycles. The van der Waals surface area contributed by atoms with Crippen molar-refractivity contribution in [2.75, 3.05) is 0 Å². The van der Waals surface area contributed by atoms with Crippen molar-refractivity contribution in [1.82, 2.24) is 0 Å². The van der Waals surface area contributed by atoms with Crippen LogP contribution >= 0.6 is 0 Å². The highest BCUT2D eigenvalue weighted by atomic mass is 19.1. The van der Waals surface area contributed by atoms with Gasteiger partial charge in [-0.3, -0.25) is 0 Å². The molecule has 0 amide bonds. The first-order valence-electron chi connectivity index (χ1n) is 4.73. The van der Waals surface area contributed by atoms with Crippen molar-refractivity contribution >= 4 is 0 Å². The Morgan fingerprint density at radius 3 is 1.93 bits per heavy atom. The maximum absolute atomic E-state index is 12.7. The van der Waals surface area contributed by atoms with Gasteiger partial charge in [-0.1, -0.05) is 42.5 Å². The Bertz CT molecular complexity index is 422. The lowest BCUT2D eigenvalue weighted by Crippen LogP contribution is -1.97. The zero-order valence-electron chi connectivity index (χ0n) is 8.06. The summed E-state index contributed by atoms with van der Waals surface area (Å²) in [5.41, 5.74) is 1.28. The van der Waals surface area contributed by atoms with E-state index in [0.29, 0.717) is 11.1 Å². The van der Waals surface area contributed by atoms with Crippen molar-refractivity contribution in [2.45, 2.75) is 6.10 Å². The highest BCUT2D eigenvalue weighted by molar-refractivity contribution is 5.29. The van der Waals surface area contributed by atoms with Gasteiger partial charge in [-0.25, -0.2) is 9.50 Å². The second-order valence-electron chi connectivity index (χ2n) is 3.34. The predicted octanol–water partition coefficient (Wildman–Crippen LogP) is 3.35. The van der Waals surface area contributed by atoms with Crippen LogP contribution in [0.4, 0.5) is 4.39 Å². The van der Waals surface area contributed by atoms with E-state index in [-0.39, 0.29) is 5.82 Å². The minimum atomic E-state index is -0.938. The molecule has 0 saturated carbocycles. The van der Waals surface area contributed by atoms with E-state index in [2.05, 4.69) is 0 Å². The van der Waals surface area contributed by atoms with Crippen molar-refractivity contribution < 1.29 is 9.50 Å². The van der Waals surface area contributed by atoms with Gasteiger partial charge in [0.2, 0.25) is 0 Å². The van der Waals surface area contributed by atoms with Gasteiger partial charge in [0.15, 0.2) is 0 Å². The summed E-state index contributed by atoms with van der Waals surface area (Å²) in [4.78, 5) is 0. The van der Waals surface area contributed by atoms with Crippen molar-refractivity contribution in [1.29, 1.82) is 0 Å². The van der Waals surface area contributed by atoms with Crippen LogP contribution in [0.3, 0.4) is 0 Å². The van der Waals surface area contributed by atoms with Crippen LogP contribution in [-0.4, -0.2) is 0 Å². The largest absolute Gasteiger partial charge is 0.223 e. The summed E-state index contributed by atoms with van der Waals surface area (Å²) in [6.45, 7) is 0. The van der Waals surface area contributed by atoms with E-state index < -0.39 is 6.10 Å². The predicted molar refractivity (Wildman–Crippen MR) is 55.4 cm³/mol. The molecule has 0 aromatic heterocycles. The molecule has 0 bridgehead atoms. The molecule has 0 aliphatic heterocycles. The first kappa shape index (κ1) is 9.87. The molecule has 0 aliphatic carbocycles.